The van der Waals surface area contributed by atoms with Crippen LogP contribution in [0.5, 0.6) is 0 Å². The Balaban J connectivity index is 3.01. The Morgan fingerprint density at radius 2 is 1.79 bits per heavy atom. The summed E-state index contributed by atoms with van der Waals surface area (Å²) in [6.07, 6.45) is 1.05. The lowest BCUT2D eigenvalue weighted by Gasteiger charge is -2.34. The van der Waals surface area contributed by atoms with E-state index in [4.69, 9.17) is 23.7 Å². The maximum Gasteiger partial charge on any atom is 0.305 e. The van der Waals surface area contributed by atoms with Gasteiger partial charge >= 0.3 is 11.9 Å². The standard InChI is InChI=1S/C20H36O8/c1-6-9-10-24-16-11-17(13-25-14(4)21)27-19(26-15(5)22)18(12-16)28-20(23,7-2)8-3/h16-19,23H,6-13H2,1-5H3/t16-,17-,18+,19?/m0/s1. The smallest absolute Gasteiger partial charge is 0.305 e. The molecule has 4 atom stereocenters. The number of aliphatic hydroxyl groups is 1. The summed E-state index contributed by atoms with van der Waals surface area (Å²) in [6, 6.07) is 0. The fourth-order valence-electron chi connectivity index (χ4n) is 3.01. The Morgan fingerprint density at radius 1 is 1.11 bits per heavy atom. The van der Waals surface area contributed by atoms with Crippen LogP contribution < -0.4 is 0 Å². The summed E-state index contributed by atoms with van der Waals surface area (Å²) >= 11 is 0. The van der Waals surface area contributed by atoms with Crippen LogP contribution in [-0.4, -0.2) is 60.6 Å². The first-order valence-corrected chi connectivity index (χ1v) is 10.2. The van der Waals surface area contributed by atoms with Crippen LogP contribution in [0.4, 0.5) is 0 Å². The number of carbonyl (C=O) groups is 2. The highest BCUT2D eigenvalue weighted by Gasteiger charge is 2.41. The van der Waals surface area contributed by atoms with Gasteiger partial charge < -0.3 is 28.8 Å². The largest absolute Gasteiger partial charge is 0.463 e. The fraction of sp³-hybridized carbons (Fsp3) is 0.900. The monoisotopic (exact) mass is 404 g/mol. The third-order valence-corrected chi connectivity index (χ3v) is 4.73. The second kappa shape index (κ2) is 12.4. The summed E-state index contributed by atoms with van der Waals surface area (Å²) in [5.41, 5.74) is 0. The van der Waals surface area contributed by atoms with Crippen molar-refractivity contribution in [2.45, 2.75) is 104 Å². The van der Waals surface area contributed by atoms with Crippen molar-refractivity contribution in [1.29, 1.82) is 0 Å². The van der Waals surface area contributed by atoms with E-state index >= 15 is 0 Å². The zero-order valence-corrected chi connectivity index (χ0v) is 17.8. The van der Waals surface area contributed by atoms with Gasteiger partial charge in [-0.1, -0.05) is 27.2 Å². The molecule has 0 aromatic rings. The van der Waals surface area contributed by atoms with E-state index in [0.29, 0.717) is 32.3 Å². The second-order valence-electron chi connectivity index (χ2n) is 7.17. The molecule has 1 N–H and O–H groups in total. The SMILES string of the molecule is CCCCO[C@H]1C[C@@H](COC(C)=O)OC(OC(C)=O)[C@H](OC(O)(CC)CC)C1. The van der Waals surface area contributed by atoms with Crippen LogP contribution in [0.15, 0.2) is 0 Å². The van der Waals surface area contributed by atoms with Gasteiger partial charge in [0.15, 0.2) is 5.79 Å². The molecule has 0 bridgehead atoms. The van der Waals surface area contributed by atoms with Crippen LogP contribution >= 0.6 is 0 Å². The van der Waals surface area contributed by atoms with Gasteiger partial charge in [0, 0.05) is 33.3 Å². The highest BCUT2D eigenvalue weighted by Crippen LogP contribution is 2.30. The molecule has 0 spiro atoms. The lowest BCUT2D eigenvalue weighted by Crippen LogP contribution is -2.44. The molecule has 1 aliphatic rings. The zero-order chi connectivity index (χ0) is 21.2. The van der Waals surface area contributed by atoms with Gasteiger partial charge in [-0.25, -0.2) is 0 Å². The number of hydrogen-bond donors (Lipinski definition) is 1. The molecular formula is C20H36O8. The summed E-state index contributed by atoms with van der Waals surface area (Å²) in [5, 5.41) is 10.6. The Kier molecular flexibility index (Phi) is 11.0. The number of unbranched alkanes of at least 4 members (excludes halogenated alkanes) is 1. The molecule has 0 aromatic carbocycles. The Hall–Kier alpha value is -1.22. The van der Waals surface area contributed by atoms with Gasteiger partial charge in [0.2, 0.25) is 6.29 Å². The maximum absolute atomic E-state index is 11.6. The molecule has 1 unspecified atom stereocenters. The van der Waals surface area contributed by atoms with E-state index in [0.717, 1.165) is 12.8 Å². The van der Waals surface area contributed by atoms with Crippen molar-refractivity contribution in [3.05, 3.63) is 0 Å². The molecule has 8 heteroatoms. The molecular weight excluding hydrogens is 368 g/mol. The molecule has 1 saturated heterocycles. The number of carbonyl (C=O) groups excluding carboxylic acids is 2. The third kappa shape index (κ3) is 8.86. The van der Waals surface area contributed by atoms with Crippen LogP contribution in [0.2, 0.25) is 0 Å². The van der Waals surface area contributed by atoms with Crippen molar-refractivity contribution in [3.8, 4) is 0 Å². The zero-order valence-electron chi connectivity index (χ0n) is 17.8. The van der Waals surface area contributed by atoms with Crippen molar-refractivity contribution in [2.75, 3.05) is 13.2 Å². The quantitative estimate of drug-likeness (QED) is 0.319. The maximum atomic E-state index is 11.6. The first kappa shape index (κ1) is 24.8. The molecule has 0 radical (unpaired) electrons. The van der Waals surface area contributed by atoms with Crippen LogP contribution in [0, 0.1) is 0 Å². The minimum absolute atomic E-state index is 0.0271. The van der Waals surface area contributed by atoms with E-state index in [-0.39, 0.29) is 12.7 Å². The number of hydrogen-bond acceptors (Lipinski definition) is 8. The third-order valence-electron chi connectivity index (χ3n) is 4.73. The molecule has 1 fully saturated rings. The Morgan fingerprint density at radius 3 is 2.32 bits per heavy atom. The molecule has 0 amide bonds. The van der Waals surface area contributed by atoms with Crippen LogP contribution in [0.1, 0.15) is 73.1 Å². The molecule has 28 heavy (non-hydrogen) atoms. The lowest BCUT2D eigenvalue weighted by molar-refractivity contribution is -0.291. The van der Waals surface area contributed by atoms with Crippen molar-refractivity contribution >= 4 is 11.9 Å². The van der Waals surface area contributed by atoms with E-state index in [1.807, 2.05) is 13.8 Å². The molecule has 0 saturated carbocycles. The van der Waals surface area contributed by atoms with Crippen LogP contribution in [0.25, 0.3) is 0 Å². The molecule has 1 rings (SSSR count). The van der Waals surface area contributed by atoms with E-state index < -0.39 is 36.2 Å². The van der Waals surface area contributed by atoms with Crippen LogP contribution in [0.3, 0.4) is 0 Å². The first-order chi connectivity index (χ1) is 13.2. The summed E-state index contributed by atoms with van der Waals surface area (Å²) in [4.78, 5) is 22.8. The summed E-state index contributed by atoms with van der Waals surface area (Å²) in [5.74, 6) is -2.29. The van der Waals surface area contributed by atoms with Crippen LogP contribution in [-0.2, 0) is 33.3 Å². The van der Waals surface area contributed by atoms with E-state index in [1.54, 1.807) is 0 Å². The summed E-state index contributed by atoms with van der Waals surface area (Å²) in [6.45, 7) is 8.94. The van der Waals surface area contributed by atoms with Gasteiger partial charge in [-0.2, -0.15) is 0 Å². The minimum atomic E-state index is -1.35. The van der Waals surface area contributed by atoms with Gasteiger partial charge in [0.1, 0.15) is 12.7 Å². The van der Waals surface area contributed by atoms with E-state index in [9.17, 15) is 14.7 Å². The average Bonchev–Trinajstić information content (AvgIpc) is 2.79. The Labute approximate surface area is 167 Å². The van der Waals surface area contributed by atoms with Gasteiger partial charge in [0.25, 0.3) is 0 Å². The van der Waals surface area contributed by atoms with Crippen molar-refractivity contribution in [2.24, 2.45) is 0 Å². The van der Waals surface area contributed by atoms with E-state index in [1.165, 1.54) is 13.8 Å². The highest BCUT2D eigenvalue weighted by molar-refractivity contribution is 5.66. The predicted octanol–water partition coefficient (Wildman–Crippen LogP) is 2.70. The minimum Gasteiger partial charge on any atom is -0.463 e. The van der Waals surface area contributed by atoms with Crippen molar-refractivity contribution in [3.63, 3.8) is 0 Å². The molecule has 0 aliphatic carbocycles. The molecule has 1 heterocycles. The van der Waals surface area contributed by atoms with Gasteiger partial charge in [0.05, 0.1) is 12.2 Å². The summed E-state index contributed by atoms with van der Waals surface area (Å²) < 4.78 is 28.3. The lowest BCUT2D eigenvalue weighted by atomic mass is 10.1. The highest BCUT2D eigenvalue weighted by atomic mass is 16.7. The predicted molar refractivity (Wildman–Crippen MR) is 101 cm³/mol. The molecule has 1 aliphatic heterocycles. The fourth-order valence-corrected chi connectivity index (χ4v) is 3.01. The topological polar surface area (TPSA) is 101 Å². The van der Waals surface area contributed by atoms with Gasteiger partial charge in [-0.15, -0.1) is 0 Å². The van der Waals surface area contributed by atoms with Crippen molar-refractivity contribution < 1.29 is 38.4 Å². The van der Waals surface area contributed by atoms with Crippen molar-refractivity contribution in [1.82, 2.24) is 0 Å². The molecule has 8 nitrogen and oxygen atoms in total. The second-order valence-corrected chi connectivity index (χ2v) is 7.17. The average molecular weight is 405 g/mol. The number of rotatable bonds is 11. The first-order valence-electron chi connectivity index (χ1n) is 10.2. The van der Waals surface area contributed by atoms with Gasteiger partial charge in [-0.3, -0.25) is 9.59 Å². The molecule has 164 valence electrons. The number of esters is 2. The number of ether oxygens (including phenoxy) is 5. The molecule has 0 aromatic heterocycles. The Bertz CT molecular complexity index is 477. The van der Waals surface area contributed by atoms with E-state index in [2.05, 4.69) is 6.92 Å². The summed E-state index contributed by atoms with van der Waals surface area (Å²) in [7, 11) is 0. The normalized spacial score (nSPS) is 25.8. The van der Waals surface area contributed by atoms with Gasteiger partial charge in [-0.05, 0) is 19.3 Å².